The van der Waals surface area contributed by atoms with Gasteiger partial charge in [-0.3, -0.25) is 14.6 Å². The molecule has 0 fully saturated rings. The number of benzene rings is 2. The quantitative estimate of drug-likeness (QED) is 0.357. The molecule has 0 radical (unpaired) electrons. The van der Waals surface area contributed by atoms with Crippen LogP contribution < -0.4 is 9.47 Å². The maximum atomic E-state index is 12.7. The molecule has 5 rings (SSSR count). The van der Waals surface area contributed by atoms with Crippen LogP contribution in [0.15, 0.2) is 60.0 Å². The van der Waals surface area contributed by atoms with Gasteiger partial charge in [-0.05, 0) is 55.3 Å². The zero-order valence-corrected chi connectivity index (χ0v) is 15.5. The average molecular weight is 371 g/mol. The number of carbonyl (C=O) groups is 2. The van der Waals surface area contributed by atoms with Crippen molar-refractivity contribution in [2.45, 2.75) is 26.2 Å². The summed E-state index contributed by atoms with van der Waals surface area (Å²) in [7, 11) is 0. The van der Waals surface area contributed by atoms with Gasteiger partial charge in [0.15, 0.2) is 5.76 Å². The third kappa shape index (κ3) is 2.43. The van der Waals surface area contributed by atoms with E-state index in [-0.39, 0.29) is 24.1 Å². The lowest BCUT2D eigenvalue weighted by molar-refractivity contribution is -0.135. The predicted octanol–water partition coefficient (Wildman–Crippen LogP) is 4.54. The molecule has 3 heterocycles. The molecule has 0 saturated carbocycles. The minimum atomic E-state index is -0.296. The number of hydrogen-bond donors (Lipinski definition) is 0. The highest BCUT2D eigenvalue weighted by atomic mass is 16.5. The summed E-state index contributed by atoms with van der Waals surface area (Å²) < 4.78 is 11.4. The Bertz CT molecular complexity index is 1200. The minimum Gasteiger partial charge on any atom is -0.452 e. The van der Waals surface area contributed by atoms with E-state index in [1.807, 2.05) is 44.2 Å². The number of fused-ring (bicyclic) bond motifs is 4. The molecule has 0 N–H and O–H groups in total. The van der Waals surface area contributed by atoms with E-state index < -0.39 is 0 Å². The molecular weight excluding hydrogens is 354 g/mol. The lowest BCUT2D eigenvalue weighted by Crippen LogP contribution is -2.21. The summed E-state index contributed by atoms with van der Waals surface area (Å²) in [6, 6.07) is 13.2. The molecule has 28 heavy (non-hydrogen) atoms. The van der Waals surface area contributed by atoms with Crippen LogP contribution in [0.1, 0.15) is 47.7 Å². The second-order valence-electron chi connectivity index (χ2n) is 7.30. The van der Waals surface area contributed by atoms with E-state index in [4.69, 9.17) is 9.47 Å². The first-order valence-electron chi connectivity index (χ1n) is 9.15. The topological polar surface area (TPSA) is 65.5 Å². The largest absolute Gasteiger partial charge is 0.452 e. The number of pyridine rings is 1. The van der Waals surface area contributed by atoms with Crippen LogP contribution in [0.3, 0.4) is 0 Å². The summed E-state index contributed by atoms with van der Waals surface area (Å²) in [6.45, 7) is 3.69. The van der Waals surface area contributed by atoms with E-state index in [1.54, 1.807) is 18.3 Å². The fourth-order valence-corrected chi connectivity index (χ4v) is 3.92. The summed E-state index contributed by atoms with van der Waals surface area (Å²) in [5.41, 5.74) is 3.94. The van der Waals surface area contributed by atoms with Gasteiger partial charge in [0.1, 0.15) is 11.5 Å². The molecule has 3 aromatic rings. The summed E-state index contributed by atoms with van der Waals surface area (Å²) in [6.07, 6.45) is 1.94. The first-order valence-corrected chi connectivity index (χ1v) is 9.15. The molecule has 0 amide bonds. The Morgan fingerprint density at radius 1 is 1.07 bits per heavy atom. The maximum absolute atomic E-state index is 12.7. The number of esters is 1. The molecular formula is C23H17NO4. The van der Waals surface area contributed by atoms with Crippen LogP contribution in [0.5, 0.6) is 11.5 Å². The minimum absolute atomic E-state index is 0.129. The van der Waals surface area contributed by atoms with Crippen LogP contribution in [-0.2, 0) is 4.79 Å². The first-order chi connectivity index (χ1) is 13.5. The number of hydrogen-bond acceptors (Lipinski definition) is 5. The lowest BCUT2D eigenvalue weighted by atomic mass is 9.84. The highest BCUT2D eigenvalue weighted by molar-refractivity contribution is 6.13. The first kappa shape index (κ1) is 16.7. The van der Waals surface area contributed by atoms with Gasteiger partial charge in [0.25, 0.3) is 0 Å². The van der Waals surface area contributed by atoms with Crippen LogP contribution in [0.2, 0.25) is 0 Å². The second kappa shape index (κ2) is 6.02. The lowest BCUT2D eigenvalue weighted by Gasteiger charge is -2.26. The second-order valence-corrected chi connectivity index (χ2v) is 7.30. The molecule has 2 aliphatic rings. The van der Waals surface area contributed by atoms with Crippen LogP contribution in [-0.4, -0.2) is 16.7 Å². The number of carbonyl (C=O) groups excluding carboxylic acids is 2. The molecule has 0 spiro atoms. The number of allylic oxidation sites excluding steroid dienone is 2. The van der Waals surface area contributed by atoms with Gasteiger partial charge in [0.2, 0.25) is 5.78 Å². The molecule has 5 heteroatoms. The van der Waals surface area contributed by atoms with Crippen LogP contribution >= 0.6 is 0 Å². The van der Waals surface area contributed by atoms with Crippen molar-refractivity contribution in [3.63, 3.8) is 0 Å². The monoisotopic (exact) mass is 371 g/mol. The Morgan fingerprint density at radius 2 is 1.93 bits per heavy atom. The van der Waals surface area contributed by atoms with Gasteiger partial charge >= 0.3 is 5.97 Å². The molecule has 138 valence electrons. The molecule has 0 unspecified atom stereocenters. The van der Waals surface area contributed by atoms with Gasteiger partial charge in [-0.25, -0.2) is 0 Å². The van der Waals surface area contributed by atoms with Gasteiger partial charge in [0.05, 0.1) is 17.5 Å². The molecule has 0 saturated heterocycles. The number of ketones is 1. The number of nitrogens with zero attached hydrogens (tertiary/aromatic N) is 1. The van der Waals surface area contributed by atoms with Crippen LogP contribution in [0, 0.1) is 0 Å². The van der Waals surface area contributed by atoms with Crippen molar-refractivity contribution in [3.8, 4) is 11.5 Å². The zero-order valence-electron chi connectivity index (χ0n) is 15.5. The molecule has 2 aromatic carbocycles. The van der Waals surface area contributed by atoms with Gasteiger partial charge < -0.3 is 9.47 Å². The Labute approximate surface area is 161 Å². The molecule has 5 nitrogen and oxygen atoms in total. The SMILES string of the molecule is CC(C)=C1Oc2c(ccc3c2[C@@H](c2ccc4ncccc4c2)CC(=O)O3)C1=O. The number of aromatic nitrogens is 1. The Balaban J connectivity index is 1.72. The van der Waals surface area contributed by atoms with Gasteiger partial charge in [-0.2, -0.15) is 0 Å². The summed E-state index contributed by atoms with van der Waals surface area (Å²) >= 11 is 0. The Kier molecular flexibility index (Phi) is 3.59. The van der Waals surface area contributed by atoms with Crippen molar-refractivity contribution in [1.29, 1.82) is 0 Å². The molecule has 1 atom stereocenters. The molecule has 1 aromatic heterocycles. The van der Waals surface area contributed by atoms with E-state index in [0.29, 0.717) is 22.8 Å². The van der Waals surface area contributed by atoms with Crippen molar-refractivity contribution >= 4 is 22.7 Å². The third-order valence-electron chi connectivity index (χ3n) is 5.24. The van der Waals surface area contributed by atoms with Gasteiger partial charge in [-0.1, -0.05) is 12.1 Å². The summed E-state index contributed by atoms with van der Waals surface area (Å²) in [5.74, 6) is 0.630. The average Bonchev–Trinajstić information content (AvgIpc) is 3.04. The normalized spacial score (nSPS) is 17.8. The van der Waals surface area contributed by atoms with E-state index in [0.717, 1.165) is 27.6 Å². The van der Waals surface area contributed by atoms with E-state index in [2.05, 4.69) is 4.98 Å². The van der Waals surface area contributed by atoms with Gasteiger partial charge in [-0.15, -0.1) is 0 Å². The Hall–Kier alpha value is -3.47. The predicted molar refractivity (Wildman–Crippen MR) is 104 cm³/mol. The van der Waals surface area contributed by atoms with Crippen LogP contribution in [0.4, 0.5) is 0 Å². The van der Waals surface area contributed by atoms with Gasteiger partial charge in [0, 0.05) is 23.1 Å². The van der Waals surface area contributed by atoms with Crippen LogP contribution in [0.25, 0.3) is 10.9 Å². The van der Waals surface area contributed by atoms with Crippen molar-refractivity contribution in [2.75, 3.05) is 0 Å². The van der Waals surface area contributed by atoms with E-state index in [1.165, 1.54) is 0 Å². The molecule has 2 aliphatic heterocycles. The fraction of sp³-hybridized carbons (Fsp3) is 0.174. The molecule has 0 bridgehead atoms. The summed E-state index contributed by atoms with van der Waals surface area (Å²) in [5, 5.41) is 0.995. The fourth-order valence-electron chi connectivity index (χ4n) is 3.92. The van der Waals surface area contributed by atoms with Crippen molar-refractivity contribution in [3.05, 3.63) is 76.7 Å². The van der Waals surface area contributed by atoms with E-state index >= 15 is 0 Å². The zero-order chi connectivity index (χ0) is 19.4. The number of rotatable bonds is 1. The summed E-state index contributed by atoms with van der Waals surface area (Å²) in [4.78, 5) is 29.3. The Morgan fingerprint density at radius 3 is 2.75 bits per heavy atom. The highest BCUT2D eigenvalue weighted by Crippen LogP contribution is 2.49. The standard InChI is InChI=1S/C23H17NO4/c1-12(2)22-21(26)15-6-8-18-20(23(15)28-22)16(11-19(25)27-18)13-5-7-17-14(10-13)4-3-9-24-17/h3-10,16H,11H2,1-2H3/t16-/m1/s1. The van der Waals surface area contributed by atoms with Crippen molar-refractivity contribution in [1.82, 2.24) is 4.98 Å². The van der Waals surface area contributed by atoms with E-state index in [9.17, 15) is 9.59 Å². The highest BCUT2D eigenvalue weighted by Gasteiger charge is 2.38. The third-order valence-corrected chi connectivity index (χ3v) is 5.24. The van der Waals surface area contributed by atoms with Crippen molar-refractivity contribution in [2.24, 2.45) is 0 Å². The number of ether oxygens (including phenoxy) is 2. The number of Topliss-reactive ketones (excluding diaryl/α,β-unsaturated/α-hetero) is 1. The smallest absolute Gasteiger partial charge is 0.312 e. The maximum Gasteiger partial charge on any atom is 0.312 e. The van der Waals surface area contributed by atoms with Crippen molar-refractivity contribution < 1.29 is 19.1 Å². The molecule has 0 aliphatic carbocycles.